The van der Waals surface area contributed by atoms with Crippen molar-refractivity contribution in [3.63, 3.8) is 0 Å². The van der Waals surface area contributed by atoms with Gasteiger partial charge in [0, 0.05) is 0 Å². The summed E-state index contributed by atoms with van der Waals surface area (Å²) in [6.45, 7) is 1.51. The van der Waals surface area contributed by atoms with Gasteiger partial charge in [-0.05, 0) is 42.3 Å². The van der Waals surface area contributed by atoms with Gasteiger partial charge in [0.25, 0.3) is 0 Å². The zero-order valence-electron chi connectivity index (χ0n) is 17.1. The van der Waals surface area contributed by atoms with Crippen LogP contribution >= 0.6 is 23.2 Å². The van der Waals surface area contributed by atoms with E-state index < -0.39 is 22.5 Å². The molecule has 1 atom stereocenters. The van der Waals surface area contributed by atoms with E-state index in [1.54, 1.807) is 19.2 Å². The molecule has 0 aliphatic heterocycles. The maximum atomic E-state index is 12.7. The van der Waals surface area contributed by atoms with Crippen LogP contribution in [0, 0.1) is 0 Å². The van der Waals surface area contributed by atoms with Gasteiger partial charge in [-0.2, -0.15) is 0 Å². The highest BCUT2D eigenvalue weighted by atomic mass is 35.5. The average molecular weight is 475 g/mol. The van der Waals surface area contributed by atoms with Crippen molar-refractivity contribution in [1.29, 1.82) is 0 Å². The Hall–Kier alpha value is -2.16. The van der Waals surface area contributed by atoms with Crippen molar-refractivity contribution in [2.75, 3.05) is 31.3 Å². The minimum Gasteiger partial charge on any atom is -0.493 e. The minimum absolute atomic E-state index is 0.194. The summed E-state index contributed by atoms with van der Waals surface area (Å²) >= 11 is 11.9. The maximum absolute atomic E-state index is 12.7. The second-order valence-electron chi connectivity index (χ2n) is 6.51. The van der Waals surface area contributed by atoms with Gasteiger partial charge in [0.2, 0.25) is 15.9 Å². The third-order valence-electron chi connectivity index (χ3n) is 4.43. The molecule has 2 aromatic rings. The fourth-order valence-corrected chi connectivity index (χ4v) is 4.04. The normalized spacial score (nSPS) is 12.2. The highest BCUT2D eigenvalue weighted by Gasteiger charge is 2.23. The number of sulfonamides is 1. The molecule has 2 aromatic carbocycles. The van der Waals surface area contributed by atoms with Crippen LogP contribution in [-0.4, -0.2) is 41.3 Å². The van der Waals surface area contributed by atoms with Crippen LogP contribution in [0.15, 0.2) is 36.4 Å². The van der Waals surface area contributed by atoms with Gasteiger partial charge in [0.15, 0.2) is 11.5 Å². The molecule has 0 aromatic heterocycles. The molecule has 0 heterocycles. The van der Waals surface area contributed by atoms with Crippen LogP contribution in [0.25, 0.3) is 0 Å². The molecule has 1 unspecified atom stereocenters. The molecule has 30 heavy (non-hydrogen) atoms. The van der Waals surface area contributed by atoms with Gasteiger partial charge in [-0.1, -0.05) is 36.2 Å². The molecule has 0 radical (unpaired) electrons. The lowest BCUT2D eigenvalue weighted by Gasteiger charge is -2.24. The Bertz CT molecular complexity index is 1010. The third-order valence-corrected chi connectivity index (χ3v) is 6.31. The summed E-state index contributed by atoms with van der Waals surface area (Å²) in [6.07, 6.45) is 1.61. The predicted octanol–water partition coefficient (Wildman–Crippen LogP) is 4.04. The zero-order valence-corrected chi connectivity index (χ0v) is 19.4. The number of halogens is 2. The highest BCUT2D eigenvalue weighted by Crippen LogP contribution is 2.31. The van der Waals surface area contributed by atoms with Gasteiger partial charge in [-0.15, -0.1) is 0 Å². The van der Waals surface area contributed by atoms with E-state index in [1.807, 2.05) is 13.0 Å². The van der Waals surface area contributed by atoms with Crippen molar-refractivity contribution in [2.45, 2.75) is 19.4 Å². The Morgan fingerprint density at radius 2 is 1.73 bits per heavy atom. The number of benzene rings is 2. The molecule has 0 spiro atoms. The topological polar surface area (TPSA) is 84.9 Å². The maximum Gasteiger partial charge on any atom is 0.241 e. The number of carbonyl (C=O) groups excluding carboxylic acids is 1. The second-order valence-corrected chi connectivity index (χ2v) is 9.23. The first-order valence-corrected chi connectivity index (χ1v) is 11.6. The lowest BCUT2D eigenvalue weighted by Crippen LogP contribution is -2.41. The summed E-state index contributed by atoms with van der Waals surface area (Å²) in [4.78, 5) is 12.7. The number of ether oxygens (including phenoxy) is 2. The smallest absolute Gasteiger partial charge is 0.241 e. The Morgan fingerprint density at radius 3 is 2.27 bits per heavy atom. The van der Waals surface area contributed by atoms with Crippen molar-refractivity contribution in [3.05, 3.63) is 52.0 Å². The van der Waals surface area contributed by atoms with E-state index in [1.165, 1.54) is 25.3 Å². The van der Waals surface area contributed by atoms with Gasteiger partial charge >= 0.3 is 0 Å². The molecule has 164 valence electrons. The van der Waals surface area contributed by atoms with Crippen molar-refractivity contribution >= 4 is 44.8 Å². The third kappa shape index (κ3) is 5.93. The second kappa shape index (κ2) is 10.2. The van der Waals surface area contributed by atoms with Crippen LogP contribution in [-0.2, 0) is 14.8 Å². The van der Waals surface area contributed by atoms with Crippen LogP contribution in [0.1, 0.15) is 24.9 Å². The van der Waals surface area contributed by atoms with Crippen LogP contribution in [0.3, 0.4) is 0 Å². The summed E-state index contributed by atoms with van der Waals surface area (Å²) in [5.41, 5.74) is 1.06. The number of hydrogen-bond donors (Lipinski definition) is 1. The minimum atomic E-state index is -3.74. The number of nitrogens with zero attached hydrogens (tertiary/aromatic N) is 1. The monoisotopic (exact) mass is 474 g/mol. The molecule has 0 fully saturated rings. The molecule has 0 saturated carbocycles. The lowest BCUT2D eigenvalue weighted by atomic mass is 10.0. The van der Waals surface area contributed by atoms with E-state index in [4.69, 9.17) is 32.7 Å². The van der Waals surface area contributed by atoms with E-state index in [0.717, 1.165) is 16.1 Å². The molecule has 2 rings (SSSR count). The van der Waals surface area contributed by atoms with Crippen LogP contribution < -0.4 is 19.1 Å². The number of methoxy groups -OCH3 is 2. The van der Waals surface area contributed by atoms with Crippen molar-refractivity contribution < 1.29 is 22.7 Å². The van der Waals surface area contributed by atoms with Crippen LogP contribution in [0.4, 0.5) is 5.69 Å². The average Bonchev–Trinajstić information content (AvgIpc) is 2.71. The van der Waals surface area contributed by atoms with E-state index in [9.17, 15) is 13.2 Å². The molecular formula is C20H24Cl2N2O5S. The summed E-state index contributed by atoms with van der Waals surface area (Å²) < 4.78 is 36.1. The number of nitrogens with one attached hydrogen (secondary N) is 1. The van der Waals surface area contributed by atoms with E-state index in [2.05, 4.69) is 5.32 Å². The largest absolute Gasteiger partial charge is 0.493 e. The lowest BCUT2D eigenvalue weighted by molar-refractivity contribution is -0.120. The van der Waals surface area contributed by atoms with Gasteiger partial charge in [0.1, 0.15) is 6.54 Å². The molecule has 0 aliphatic rings. The fourth-order valence-electron chi connectivity index (χ4n) is 2.90. The van der Waals surface area contributed by atoms with E-state index in [-0.39, 0.29) is 21.8 Å². The zero-order chi connectivity index (χ0) is 22.5. The summed E-state index contributed by atoms with van der Waals surface area (Å²) in [5.74, 6) is 0.648. The first kappa shape index (κ1) is 24.1. The summed E-state index contributed by atoms with van der Waals surface area (Å²) in [7, 11) is -0.664. The van der Waals surface area contributed by atoms with E-state index >= 15 is 0 Å². The number of rotatable bonds is 9. The Labute approximate surface area is 186 Å². The Morgan fingerprint density at radius 1 is 1.07 bits per heavy atom. The predicted molar refractivity (Wildman–Crippen MR) is 119 cm³/mol. The highest BCUT2D eigenvalue weighted by molar-refractivity contribution is 7.92. The Balaban J connectivity index is 2.24. The number of carbonyl (C=O) groups is 1. The Kier molecular flexibility index (Phi) is 8.23. The molecule has 7 nitrogen and oxygen atoms in total. The molecular weight excluding hydrogens is 451 g/mol. The van der Waals surface area contributed by atoms with Gasteiger partial charge < -0.3 is 14.8 Å². The van der Waals surface area contributed by atoms with Crippen molar-refractivity contribution in [1.82, 2.24) is 5.32 Å². The molecule has 1 amide bonds. The first-order valence-electron chi connectivity index (χ1n) is 9.04. The quantitative estimate of drug-likeness (QED) is 0.592. The number of amides is 1. The van der Waals surface area contributed by atoms with Gasteiger partial charge in [-0.25, -0.2) is 8.42 Å². The van der Waals surface area contributed by atoms with E-state index in [0.29, 0.717) is 17.9 Å². The molecule has 1 N–H and O–H groups in total. The summed E-state index contributed by atoms with van der Waals surface area (Å²) in [6, 6.07) is 9.39. The fraction of sp³-hybridized carbons (Fsp3) is 0.350. The van der Waals surface area contributed by atoms with Crippen molar-refractivity contribution in [3.8, 4) is 11.5 Å². The number of hydrogen-bond acceptors (Lipinski definition) is 5. The van der Waals surface area contributed by atoms with Crippen LogP contribution in [0.5, 0.6) is 11.5 Å². The molecule has 0 bridgehead atoms. The van der Waals surface area contributed by atoms with Crippen molar-refractivity contribution in [2.24, 2.45) is 0 Å². The SMILES string of the molecule is CCC(NC(=O)CN(c1ccc(Cl)c(Cl)c1)S(C)(=O)=O)c1ccc(OC)c(OC)c1. The van der Waals surface area contributed by atoms with Gasteiger partial charge in [0.05, 0.1) is 42.2 Å². The summed E-state index contributed by atoms with van der Waals surface area (Å²) in [5, 5.41) is 3.35. The molecule has 0 aliphatic carbocycles. The molecule has 10 heteroatoms. The first-order chi connectivity index (χ1) is 14.1. The molecule has 0 saturated heterocycles. The standard InChI is InChI=1S/C20H24Cl2N2O5S/c1-5-17(13-6-9-18(28-2)19(10-13)29-3)23-20(25)12-24(30(4,26)27)14-7-8-15(21)16(22)11-14/h6-11,17H,5,12H2,1-4H3,(H,23,25). The number of anilines is 1. The van der Waals surface area contributed by atoms with Crippen LogP contribution in [0.2, 0.25) is 10.0 Å². The van der Waals surface area contributed by atoms with Gasteiger partial charge in [-0.3, -0.25) is 9.10 Å².